The molecule has 0 aliphatic heterocycles. The van der Waals surface area contributed by atoms with Gasteiger partial charge in [-0.05, 0) is 49.2 Å². The van der Waals surface area contributed by atoms with Crippen LogP contribution in [0.2, 0.25) is 10.3 Å². The normalized spacial score (nSPS) is 10.3. The van der Waals surface area contributed by atoms with Gasteiger partial charge in [0.15, 0.2) is 0 Å². The molecule has 0 fully saturated rings. The summed E-state index contributed by atoms with van der Waals surface area (Å²) in [6, 6.07) is 8.90. The van der Waals surface area contributed by atoms with Crippen molar-refractivity contribution in [2.45, 2.75) is 13.8 Å². The lowest BCUT2D eigenvalue weighted by Gasteiger charge is -2.08. The van der Waals surface area contributed by atoms with Crippen molar-refractivity contribution in [3.63, 3.8) is 0 Å². The van der Waals surface area contributed by atoms with E-state index < -0.39 is 0 Å². The van der Waals surface area contributed by atoms with Gasteiger partial charge in [0.1, 0.15) is 10.3 Å². The maximum atomic E-state index is 12.1. The van der Waals surface area contributed by atoms with Crippen LogP contribution in [0.25, 0.3) is 0 Å². The number of nitrogens with one attached hydrogen (secondary N) is 1. The molecule has 98 valence electrons. The van der Waals surface area contributed by atoms with Gasteiger partial charge in [-0.3, -0.25) is 4.79 Å². The topological polar surface area (TPSA) is 42.0 Å². The van der Waals surface area contributed by atoms with Crippen LogP contribution >= 0.6 is 23.2 Å². The number of amides is 1. The van der Waals surface area contributed by atoms with Crippen LogP contribution in [0.5, 0.6) is 0 Å². The molecule has 0 saturated carbocycles. The van der Waals surface area contributed by atoms with Crippen LogP contribution in [0.4, 0.5) is 5.69 Å². The molecular weight excluding hydrogens is 283 g/mol. The SMILES string of the molecule is Cc1cc(C)cc(NC(=O)c2ccc(Cl)nc2Cl)c1. The fourth-order valence-electron chi connectivity index (χ4n) is 1.83. The highest BCUT2D eigenvalue weighted by molar-refractivity contribution is 6.35. The largest absolute Gasteiger partial charge is 0.322 e. The Morgan fingerprint density at radius 3 is 2.32 bits per heavy atom. The van der Waals surface area contributed by atoms with Gasteiger partial charge in [0.05, 0.1) is 5.56 Å². The van der Waals surface area contributed by atoms with E-state index in [-0.39, 0.29) is 16.2 Å². The standard InChI is InChI=1S/C14H12Cl2N2O/c1-8-5-9(2)7-10(6-8)17-14(19)11-3-4-12(15)18-13(11)16/h3-7H,1-2H3,(H,17,19). The summed E-state index contributed by atoms with van der Waals surface area (Å²) >= 11 is 11.6. The zero-order valence-electron chi connectivity index (χ0n) is 10.5. The summed E-state index contributed by atoms with van der Waals surface area (Å²) < 4.78 is 0. The van der Waals surface area contributed by atoms with Gasteiger partial charge in [0, 0.05) is 5.69 Å². The molecule has 5 heteroatoms. The molecule has 0 saturated heterocycles. The molecule has 0 radical (unpaired) electrons. The Labute approximate surface area is 121 Å². The highest BCUT2D eigenvalue weighted by Gasteiger charge is 2.12. The smallest absolute Gasteiger partial charge is 0.258 e. The van der Waals surface area contributed by atoms with Gasteiger partial charge in [-0.1, -0.05) is 29.3 Å². The third-order valence-electron chi connectivity index (χ3n) is 2.54. The van der Waals surface area contributed by atoms with Crippen LogP contribution < -0.4 is 5.32 Å². The summed E-state index contributed by atoms with van der Waals surface area (Å²) in [5, 5.41) is 3.14. The molecule has 1 amide bonds. The Balaban J connectivity index is 2.25. The van der Waals surface area contributed by atoms with Crippen molar-refractivity contribution in [2.75, 3.05) is 5.32 Å². The van der Waals surface area contributed by atoms with Crippen LogP contribution in [-0.2, 0) is 0 Å². The number of carbonyl (C=O) groups is 1. The number of nitrogens with zero attached hydrogens (tertiary/aromatic N) is 1. The van der Waals surface area contributed by atoms with E-state index >= 15 is 0 Å². The maximum absolute atomic E-state index is 12.1. The van der Waals surface area contributed by atoms with Crippen LogP contribution in [0.3, 0.4) is 0 Å². The molecule has 1 aromatic heterocycles. The fourth-order valence-corrected chi connectivity index (χ4v) is 2.26. The van der Waals surface area contributed by atoms with E-state index in [1.807, 2.05) is 32.0 Å². The number of hydrogen-bond donors (Lipinski definition) is 1. The zero-order valence-corrected chi connectivity index (χ0v) is 12.0. The molecule has 2 aromatic rings. The van der Waals surface area contributed by atoms with Crippen molar-refractivity contribution >= 4 is 34.8 Å². The van der Waals surface area contributed by atoms with E-state index in [0.717, 1.165) is 16.8 Å². The second kappa shape index (κ2) is 5.59. The Morgan fingerprint density at radius 1 is 1.11 bits per heavy atom. The molecule has 0 bridgehead atoms. The zero-order chi connectivity index (χ0) is 14.0. The van der Waals surface area contributed by atoms with Crippen molar-refractivity contribution in [3.8, 4) is 0 Å². The van der Waals surface area contributed by atoms with E-state index in [1.165, 1.54) is 6.07 Å². The number of halogens is 2. The second-order valence-electron chi connectivity index (χ2n) is 4.30. The van der Waals surface area contributed by atoms with E-state index in [1.54, 1.807) is 6.07 Å². The summed E-state index contributed by atoms with van der Waals surface area (Å²) in [6.07, 6.45) is 0. The Kier molecular flexibility index (Phi) is 4.08. The molecule has 1 aromatic carbocycles. The number of benzene rings is 1. The lowest BCUT2D eigenvalue weighted by molar-refractivity contribution is 0.102. The fraction of sp³-hybridized carbons (Fsp3) is 0.143. The molecule has 19 heavy (non-hydrogen) atoms. The molecule has 0 spiro atoms. The molecule has 1 heterocycles. The monoisotopic (exact) mass is 294 g/mol. The highest BCUT2D eigenvalue weighted by Crippen LogP contribution is 2.19. The van der Waals surface area contributed by atoms with Gasteiger partial charge in [-0.15, -0.1) is 0 Å². The number of carbonyl (C=O) groups excluding carboxylic acids is 1. The highest BCUT2D eigenvalue weighted by atomic mass is 35.5. The molecule has 0 aliphatic carbocycles. The summed E-state index contributed by atoms with van der Waals surface area (Å²) in [6.45, 7) is 3.94. The summed E-state index contributed by atoms with van der Waals surface area (Å²) in [5.74, 6) is -0.306. The van der Waals surface area contributed by atoms with Crippen molar-refractivity contribution in [2.24, 2.45) is 0 Å². The molecule has 0 unspecified atom stereocenters. The van der Waals surface area contributed by atoms with E-state index in [9.17, 15) is 4.79 Å². The third kappa shape index (κ3) is 3.46. The minimum atomic E-state index is -0.306. The number of anilines is 1. The van der Waals surface area contributed by atoms with E-state index in [0.29, 0.717) is 5.56 Å². The van der Waals surface area contributed by atoms with Gasteiger partial charge >= 0.3 is 0 Å². The lowest BCUT2D eigenvalue weighted by atomic mass is 10.1. The lowest BCUT2D eigenvalue weighted by Crippen LogP contribution is -2.13. The van der Waals surface area contributed by atoms with Crippen LogP contribution in [0, 0.1) is 13.8 Å². The first kappa shape index (κ1) is 13.8. The number of aryl methyl sites for hydroxylation is 2. The van der Waals surface area contributed by atoms with Crippen molar-refractivity contribution in [1.29, 1.82) is 0 Å². The first-order valence-electron chi connectivity index (χ1n) is 5.67. The molecule has 1 N–H and O–H groups in total. The van der Waals surface area contributed by atoms with E-state index in [2.05, 4.69) is 10.3 Å². The molecule has 2 rings (SSSR count). The number of rotatable bonds is 2. The van der Waals surface area contributed by atoms with Crippen LogP contribution in [-0.4, -0.2) is 10.9 Å². The quantitative estimate of drug-likeness (QED) is 0.841. The molecule has 0 atom stereocenters. The van der Waals surface area contributed by atoms with Crippen LogP contribution in [0.1, 0.15) is 21.5 Å². The number of pyridine rings is 1. The average Bonchev–Trinajstić information content (AvgIpc) is 2.26. The Morgan fingerprint density at radius 2 is 1.74 bits per heavy atom. The summed E-state index contributed by atoms with van der Waals surface area (Å²) in [5.41, 5.74) is 3.19. The van der Waals surface area contributed by atoms with Gasteiger partial charge < -0.3 is 5.32 Å². The minimum Gasteiger partial charge on any atom is -0.322 e. The van der Waals surface area contributed by atoms with E-state index in [4.69, 9.17) is 23.2 Å². The van der Waals surface area contributed by atoms with Gasteiger partial charge in [-0.25, -0.2) is 4.98 Å². The first-order chi connectivity index (χ1) is 8.95. The predicted octanol–water partition coefficient (Wildman–Crippen LogP) is 4.26. The Hall–Kier alpha value is -1.58. The molecule has 3 nitrogen and oxygen atoms in total. The number of aromatic nitrogens is 1. The molecular formula is C14H12Cl2N2O. The predicted molar refractivity (Wildman–Crippen MR) is 78.1 cm³/mol. The van der Waals surface area contributed by atoms with Crippen LogP contribution in [0.15, 0.2) is 30.3 Å². The summed E-state index contributed by atoms with van der Waals surface area (Å²) in [7, 11) is 0. The van der Waals surface area contributed by atoms with Crippen molar-refractivity contribution in [3.05, 3.63) is 57.3 Å². The third-order valence-corrected chi connectivity index (χ3v) is 3.04. The minimum absolute atomic E-state index is 0.0920. The Bertz CT molecular complexity index is 621. The molecule has 0 aliphatic rings. The second-order valence-corrected chi connectivity index (χ2v) is 5.05. The maximum Gasteiger partial charge on any atom is 0.258 e. The van der Waals surface area contributed by atoms with Gasteiger partial charge in [-0.2, -0.15) is 0 Å². The van der Waals surface area contributed by atoms with Crippen molar-refractivity contribution in [1.82, 2.24) is 4.98 Å². The first-order valence-corrected chi connectivity index (χ1v) is 6.43. The average molecular weight is 295 g/mol. The number of hydrogen-bond acceptors (Lipinski definition) is 2. The summed E-state index contributed by atoms with van der Waals surface area (Å²) in [4.78, 5) is 15.9. The van der Waals surface area contributed by atoms with Gasteiger partial charge in [0.25, 0.3) is 5.91 Å². The van der Waals surface area contributed by atoms with Crippen molar-refractivity contribution < 1.29 is 4.79 Å². The van der Waals surface area contributed by atoms with Gasteiger partial charge in [0.2, 0.25) is 0 Å².